The number of hydrogen-bond acceptors (Lipinski definition) is 6. The summed E-state index contributed by atoms with van der Waals surface area (Å²) in [6.45, 7) is 3.10. The number of aliphatic hydroxyl groups excluding tert-OH is 1. The van der Waals surface area contributed by atoms with Gasteiger partial charge in [0.05, 0.1) is 18.8 Å². The van der Waals surface area contributed by atoms with Crippen molar-refractivity contribution in [2.24, 2.45) is 0 Å². The van der Waals surface area contributed by atoms with E-state index in [1.165, 1.54) is 13.3 Å². The van der Waals surface area contributed by atoms with Crippen LogP contribution in [-0.4, -0.2) is 53.6 Å². The van der Waals surface area contributed by atoms with Crippen molar-refractivity contribution in [2.75, 3.05) is 20.7 Å². The Morgan fingerprint density at radius 2 is 1.74 bits per heavy atom. The van der Waals surface area contributed by atoms with Crippen molar-refractivity contribution in [3.63, 3.8) is 0 Å². The van der Waals surface area contributed by atoms with Crippen LogP contribution in [0.5, 0.6) is 0 Å². The zero-order chi connectivity index (χ0) is 25.2. The Labute approximate surface area is 206 Å². The van der Waals surface area contributed by atoms with E-state index in [9.17, 15) is 14.7 Å². The van der Waals surface area contributed by atoms with Crippen LogP contribution in [0.1, 0.15) is 56.9 Å². The minimum atomic E-state index is -0.555. The molecule has 0 fully saturated rings. The molecule has 7 heteroatoms. The van der Waals surface area contributed by atoms with Gasteiger partial charge in [-0.15, -0.1) is 0 Å². The molecular formula is C28H33N3O4. The van der Waals surface area contributed by atoms with Gasteiger partial charge in [0.2, 0.25) is 0 Å². The van der Waals surface area contributed by atoms with Crippen LogP contribution in [0.2, 0.25) is 0 Å². The van der Waals surface area contributed by atoms with E-state index in [-0.39, 0.29) is 11.9 Å². The minimum Gasteiger partial charge on any atom is -0.465 e. The SMILES string of the molecule is CCC(NCCc1ccc(C(=O)N(C)Cc2cncc(C(=O)OC)c2)cc1)C(O)c1ccccc1. The number of amides is 1. The summed E-state index contributed by atoms with van der Waals surface area (Å²) in [7, 11) is 3.04. The first kappa shape index (κ1) is 26.1. The fourth-order valence-corrected chi connectivity index (χ4v) is 3.95. The quantitative estimate of drug-likeness (QED) is 0.410. The third-order valence-corrected chi connectivity index (χ3v) is 5.97. The molecule has 0 aliphatic heterocycles. The summed E-state index contributed by atoms with van der Waals surface area (Å²) in [5.41, 5.74) is 3.70. The summed E-state index contributed by atoms with van der Waals surface area (Å²) in [5, 5.41) is 14.1. The molecule has 3 aromatic rings. The van der Waals surface area contributed by atoms with E-state index in [1.54, 1.807) is 24.2 Å². The van der Waals surface area contributed by atoms with Crippen molar-refractivity contribution in [1.82, 2.24) is 15.2 Å². The molecule has 3 rings (SSSR count). The summed E-state index contributed by atoms with van der Waals surface area (Å²) in [4.78, 5) is 30.2. The van der Waals surface area contributed by atoms with Gasteiger partial charge in [-0.25, -0.2) is 4.79 Å². The standard InChI is InChI=1S/C28H33N3O4/c1-4-25(26(32)22-8-6-5-7-9-22)30-15-14-20-10-12-23(13-11-20)27(33)31(2)19-21-16-24(18-29-17-21)28(34)35-3/h5-13,16-18,25-26,30,32H,4,14-15,19H2,1-3H3. The molecule has 2 unspecified atom stereocenters. The Kier molecular flexibility index (Phi) is 9.52. The Morgan fingerprint density at radius 3 is 2.40 bits per heavy atom. The number of methoxy groups -OCH3 is 1. The van der Waals surface area contributed by atoms with Gasteiger partial charge in [0.25, 0.3) is 5.91 Å². The molecule has 7 nitrogen and oxygen atoms in total. The first-order chi connectivity index (χ1) is 16.9. The highest BCUT2D eigenvalue weighted by Crippen LogP contribution is 2.18. The van der Waals surface area contributed by atoms with E-state index >= 15 is 0 Å². The zero-order valence-electron chi connectivity index (χ0n) is 20.5. The lowest BCUT2D eigenvalue weighted by molar-refractivity contribution is 0.0600. The van der Waals surface area contributed by atoms with Gasteiger partial charge in [0.15, 0.2) is 0 Å². The molecule has 2 N–H and O–H groups in total. The van der Waals surface area contributed by atoms with Crippen LogP contribution in [0, 0.1) is 0 Å². The van der Waals surface area contributed by atoms with Gasteiger partial charge < -0.3 is 20.1 Å². The number of benzene rings is 2. The molecule has 0 spiro atoms. The highest BCUT2D eigenvalue weighted by atomic mass is 16.5. The fraction of sp³-hybridized carbons (Fsp3) is 0.321. The molecule has 184 valence electrons. The molecule has 0 saturated heterocycles. The van der Waals surface area contributed by atoms with E-state index in [2.05, 4.69) is 17.2 Å². The van der Waals surface area contributed by atoms with Crippen LogP contribution >= 0.6 is 0 Å². The van der Waals surface area contributed by atoms with Crippen LogP contribution in [-0.2, 0) is 17.7 Å². The summed E-state index contributed by atoms with van der Waals surface area (Å²) in [6, 6.07) is 18.9. The van der Waals surface area contributed by atoms with E-state index < -0.39 is 12.1 Å². The third-order valence-electron chi connectivity index (χ3n) is 5.97. The maximum absolute atomic E-state index is 12.9. The van der Waals surface area contributed by atoms with E-state index in [1.807, 2.05) is 54.6 Å². The lowest BCUT2D eigenvalue weighted by Gasteiger charge is -2.23. The zero-order valence-corrected chi connectivity index (χ0v) is 20.5. The summed E-state index contributed by atoms with van der Waals surface area (Å²) < 4.78 is 4.73. The molecule has 2 aromatic carbocycles. The largest absolute Gasteiger partial charge is 0.465 e. The number of carbonyl (C=O) groups is 2. The number of nitrogens with zero attached hydrogens (tertiary/aromatic N) is 2. The summed E-state index contributed by atoms with van der Waals surface area (Å²) in [6.07, 6.45) is 4.11. The van der Waals surface area contributed by atoms with Gasteiger partial charge in [-0.05, 0) is 54.3 Å². The van der Waals surface area contributed by atoms with Crippen LogP contribution in [0.15, 0.2) is 73.1 Å². The van der Waals surface area contributed by atoms with Crippen LogP contribution in [0.25, 0.3) is 0 Å². The Hall–Kier alpha value is -3.55. The van der Waals surface area contributed by atoms with Gasteiger partial charge in [-0.2, -0.15) is 0 Å². The predicted octanol–water partition coefficient (Wildman–Crippen LogP) is 3.78. The van der Waals surface area contributed by atoms with Gasteiger partial charge in [-0.1, -0.05) is 49.4 Å². The minimum absolute atomic E-state index is 0.0286. The average molecular weight is 476 g/mol. The topological polar surface area (TPSA) is 91.8 Å². The van der Waals surface area contributed by atoms with Gasteiger partial charge >= 0.3 is 5.97 Å². The van der Waals surface area contributed by atoms with Crippen molar-refractivity contribution in [1.29, 1.82) is 0 Å². The molecule has 1 heterocycles. The Bertz CT molecular complexity index is 1100. The number of rotatable bonds is 11. The van der Waals surface area contributed by atoms with Crippen molar-refractivity contribution < 1.29 is 19.4 Å². The second kappa shape index (κ2) is 12.8. The average Bonchev–Trinajstić information content (AvgIpc) is 2.91. The molecule has 0 aliphatic rings. The maximum Gasteiger partial charge on any atom is 0.339 e. The normalized spacial score (nSPS) is 12.6. The number of ether oxygens (including phenoxy) is 1. The van der Waals surface area contributed by atoms with E-state index in [0.29, 0.717) is 17.7 Å². The number of hydrogen-bond donors (Lipinski definition) is 2. The predicted molar refractivity (Wildman–Crippen MR) is 135 cm³/mol. The maximum atomic E-state index is 12.9. The molecular weight excluding hydrogens is 442 g/mol. The number of carbonyl (C=O) groups excluding carboxylic acids is 2. The monoisotopic (exact) mass is 475 g/mol. The number of aliphatic hydroxyl groups is 1. The number of pyridine rings is 1. The van der Waals surface area contributed by atoms with Gasteiger partial charge in [-0.3, -0.25) is 9.78 Å². The smallest absolute Gasteiger partial charge is 0.339 e. The van der Waals surface area contributed by atoms with Crippen LogP contribution < -0.4 is 5.32 Å². The molecule has 1 amide bonds. The van der Waals surface area contributed by atoms with Gasteiger partial charge in [0, 0.05) is 37.6 Å². The molecule has 0 bridgehead atoms. The number of nitrogens with one attached hydrogen (secondary N) is 1. The molecule has 1 aromatic heterocycles. The van der Waals surface area contributed by atoms with Crippen molar-refractivity contribution in [3.05, 3.63) is 101 Å². The second-order valence-corrected chi connectivity index (χ2v) is 8.51. The number of aromatic nitrogens is 1. The summed E-state index contributed by atoms with van der Waals surface area (Å²) in [5.74, 6) is -0.576. The molecule has 0 saturated carbocycles. The fourth-order valence-electron chi connectivity index (χ4n) is 3.95. The van der Waals surface area contributed by atoms with Crippen molar-refractivity contribution in [3.8, 4) is 0 Å². The van der Waals surface area contributed by atoms with Crippen LogP contribution in [0.3, 0.4) is 0 Å². The Morgan fingerprint density at radius 1 is 1.03 bits per heavy atom. The molecule has 2 atom stereocenters. The Balaban J connectivity index is 1.52. The van der Waals surface area contributed by atoms with Crippen LogP contribution in [0.4, 0.5) is 0 Å². The summed E-state index contributed by atoms with van der Waals surface area (Å²) >= 11 is 0. The third kappa shape index (κ3) is 7.21. The highest BCUT2D eigenvalue weighted by Gasteiger charge is 2.18. The molecule has 0 radical (unpaired) electrons. The number of esters is 1. The van der Waals surface area contributed by atoms with Crippen molar-refractivity contribution in [2.45, 2.75) is 38.5 Å². The molecule has 35 heavy (non-hydrogen) atoms. The van der Waals surface area contributed by atoms with Gasteiger partial charge in [0.1, 0.15) is 0 Å². The first-order valence-electron chi connectivity index (χ1n) is 11.8. The lowest BCUT2D eigenvalue weighted by Crippen LogP contribution is -2.35. The lowest BCUT2D eigenvalue weighted by atomic mass is 10.00. The molecule has 0 aliphatic carbocycles. The second-order valence-electron chi connectivity index (χ2n) is 8.51. The first-order valence-corrected chi connectivity index (χ1v) is 11.8. The van der Waals surface area contributed by atoms with Crippen molar-refractivity contribution >= 4 is 11.9 Å². The van der Waals surface area contributed by atoms with E-state index in [4.69, 9.17) is 4.74 Å². The highest BCUT2D eigenvalue weighted by molar-refractivity contribution is 5.94. The van der Waals surface area contributed by atoms with E-state index in [0.717, 1.165) is 36.1 Å².